The number of nitrogens with two attached hydrogens (primary N) is 1. The molecule has 16 heavy (non-hydrogen) atoms. The molecular formula is C9H11N3O2S2. The third-order valence-electron chi connectivity index (χ3n) is 1.66. The molecular weight excluding hydrogens is 246 g/mol. The molecule has 0 unspecified atom stereocenters. The van der Waals surface area contributed by atoms with Crippen LogP contribution in [0.1, 0.15) is 5.56 Å². The van der Waals surface area contributed by atoms with Gasteiger partial charge in [0.25, 0.3) is 0 Å². The van der Waals surface area contributed by atoms with Crippen LogP contribution in [0.25, 0.3) is 0 Å². The second-order valence-electron chi connectivity index (χ2n) is 2.96. The summed E-state index contributed by atoms with van der Waals surface area (Å²) in [6.45, 7) is 0.364. The molecule has 5 nitrogen and oxygen atoms in total. The molecule has 7 heteroatoms. The first-order chi connectivity index (χ1) is 7.59. The summed E-state index contributed by atoms with van der Waals surface area (Å²) in [5, 5.41) is 8.57. The van der Waals surface area contributed by atoms with Crippen LogP contribution in [0.5, 0.6) is 0 Å². The van der Waals surface area contributed by atoms with E-state index in [-0.39, 0.29) is 11.5 Å². The monoisotopic (exact) mass is 257 g/mol. The number of amides is 2. The standard InChI is InChI=1S/C9H11N3O2S2/c10-7(15)4-12-9(14)8(13)11-3-6-1-2-16-5-6/h1-2,5H,3-4H2,(H2,10,15)(H,11,13)(H,12,14). The Kier molecular flexibility index (Phi) is 4.87. The molecule has 1 heterocycles. The average molecular weight is 257 g/mol. The number of hydrogen-bond donors (Lipinski definition) is 3. The van der Waals surface area contributed by atoms with E-state index in [9.17, 15) is 9.59 Å². The summed E-state index contributed by atoms with van der Waals surface area (Å²) in [4.78, 5) is 22.6. The number of thiophene rings is 1. The molecule has 0 bridgehead atoms. The molecule has 0 aromatic carbocycles. The van der Waals surface area contributed by atoms with Crippen molar-refractivity contribution in [1.82, 2.24) is 10.6 Å². The zero-order valence-corrected chi connectivity index (χ0v) is 9.99. The van der Waals surface area contributed by atoms with Crippen molar-refractivity contribution in [3.8, 4) is 0 Å². The molecule has 0 aliphatic carbocycles. The van der Waals surface area contributed by atoms with Gasteiger partial charge in [0.2, 0.25) is 0 Å². The van der Waals surface area contributed by atoms with Crippen molar-refractivity contribution in [3.63, 3.8) is 0 Å². The predicted molar refractivity (Wildman–Crippen MR) is 66.0 cm³/mol. The van der Waals surface area contributed by atoms with Crippen LogP contribution in [0.15, 0.2) is 16.8 Å². The van der Waals surface area contributed by atoms with E-state index < -0.39 is 11.8 Å². The third-order valence-corrected chi connectivity index (χ3v) is 2.54. The molecule has 0 spiro atoms. The topological polar surface area (TPSA) is 84.2 Å². The molecule has 2 amide bonds. The van der Waals surface area contributed by atoms with E-state index in [1.807, 2.05) is 16.8 Å². The Labute approximate surface area is 102 Å². The molecule has 1 aromatic rings. The molecule has 0 fully saturated rings. The molecule has 4 N–H and O–H groups in total. The first-order valence-corrected chi connectivity index (χ1v) is 5.80. The zero-order valence-electron chi connectivity index (χ0n) is 8.36. The van der Waals surface area contributed by atoms with Gasteiger partial charge in [-0.1, -0.05) is 12.2 Å². The number of nitrogens with one attached hydrogen (secondary N) is 2. The van der Waals surface area contributed by atoms with E-state index in [1.54, 1.807) is 0 Å². The van der Waals surface area contributed by atoms with E-state index in [1.165, 1.54) is 11.3 Å². The van der Waals surface area contributed by atoms with Crippen LogP contribution in [0, 0.1) is 0 Å². The molecule has 0 aliphatic heterocycles. The van der Waals surface area contributed by atoms with Crippen LogP contribution in [0.2, 0.25) is 0 Å². The molecule has 0 saturated carbocycles. The lowest BCUT2D eigenvalue weighted by atomic mass is 10.3. The maximum Gasteiger partial charge on any atom is 0.309 e. The number of carbonyl (C=O) groups excluding carboxylic acids is 2. The summed E-state index contributed by atoms with van der Waals surface area (Å²) in [5.74, 6) is -1.43. The highest BCUT2D eigenvalue weighted by Crippen LogP contribution is 2.04. The van der Waals surface area contributed by atoms with Crippen molar-refractivity contribution in [3.05, 3.63) is 22.4 Å². The fraction of sp³-hybridized carbons (Fsp3) is 0.222. The van der Waals surface area contributed by atoms with Crippen LogP contribution >= 0.6 is 23.6 Å². The number of thiocarbonyl (C=S) groups is 1. The maximum atomic E-state index is 11.2. The van der Waals surface area contributed by atoms with Crippen molar-refractivity contribution in [2.24, 2.45) is 5.73 Å². The van der Waals surface area contributed by atoms with E-state index in [2.05, 4.69) is 22.9 Å². The van der Waals surface area contributed by atoms with E-state index in [4.69, 9.17) is 5.73 Å². The Morgan fingerprint density at radius 2 is 2.06 bits per heavy atom. The number of hydrogen-bond acceptors (Lipinski definition) is 4. The van der Waals surface area contributed by atoms with Crippen molar-refractivity contribution in [1.29, 1.82) is 0 Å². The highest BCUT2D eigenvalue weighted by Gasteiger charge is 2.12. The summed E-state index contributed by atoms with van der Waals surface area (Å²) < 4.78 is 0. The summed E-state index contributed by atoms with van der Waals surface area (Å²) in [6, 6.07) is 1.87. The lowest BCUT2D eigenvalue weighted by molar-refractivity contribution is -0.139. The van der Waals surface area contributed by atoms with Crippen LogP contribution in [-0.2, 0) is 16.1 Å². The van der Waals surface area contributed by atoms with E-state index in [0.717, 1.165) is 5.56 Å². The van der Waals surface area contributed by atoms with Gasteiger partial charge in [-0.2, -0.15) is 11.3 Å². The Balaban J connectivity index is 2.29. The average Bonchev–Trinajstić information content (AvgIpc) is 2.75. The van der Waals surface area contributed by atoms with Crippen molar-refractivity contribution < 1.29 is 9.59 Å². The van der Waals surface area contributed by atoms with Crippen LogP contribution in [0.4, 0.5) is 0 Å². The van der Waals surface area contributed by atoms with Crippen molar-refractivity contribution >= 4 is 40.4 Å². The van der Waals surface area contributed by atoms with Gasteiger partial charge < -0.3 is 16.4 Å². The first-order valence-electron chi connectivity index (χ1n) is 4.45. The van der Waals surface area contributed by atoms with Gasteiger partial charge in [-0.3, -0.25) is 9.59 Å². The van der Waals surface area contributed by atoms with Crippen molar-refractivity contribution in [2.75, 3.05) is 6.54 Å². The second-order valence-corrected chi connectivity index (χ2v) is 4.27. The molecule has 0 atom stereocenters. The predicted octanol–water partition coefficient (Wildman–Crippen LogP) is -0.233. The van der Waals surface area contributed by atoms with Crippen molar-refractivity contribution in [2.45, 2.75) is 6.54 Å². The third kappa shape index (κ3) is 4.37. The first kappa shape index (κ1) is 12.6. The molecule has 0 radical (unpaired) electrons. The van der Waals surface area contributed by atoms with Crippen LogP contribution in [0.3, 0.4) is 0 Å². The van der Waals surface area contributed by atoms with Gasteiger partial charge in [0.05, 0.1) is 11.5 Å². The molecule has 0 aliphatic rings. The molecule has 1 rings (SSSR count). The highest BCUT2D eigenvalue weighted by atomic mass is 32.1. The Morgan fingerprint density at radius 1 is 1.38 bits per heavy atom. The Morgan fingerprint density at radius 3 is 2.62 bits per heavy atom. The second kappa shape index (κ2) is 6.19. The maximum absolute atomic E-state index is 11.2. The molecule has 0 saturated heterocycles. The summed E-state index contributed by atoms with van der Waals surface area (Å²) >= 11 is 6.09. The minimum atomic E-state index is -0.733. The van der Waals surface area contributed by atoms with Gasteiger partial charge in [0.1, 0.15) is 0 Å². The highest BCUT2D eigenvalue weighted by molar-refractivity contribution is 7.80. The SMILES string of the molecule is NC(=S)CNC(=O)C(=O)NCc1ccsc1. The summed E-state index contributed by atoms with van der Waals surface area (Å²) in [7, 11) is 0. The van der Waals surface area contributed by atoms with Crippen LogP contribution in [-0.4, -0.2) is 23.3 Å². The summed E-state index contributed by atoms with van der Waals surface area (Å²) in [5.41, 5.74) is 6.14. The lowest BCUT2D eigenvalue weighted by Gasteiger charge is -2.04. The lowest BCUT2D eigenvalue weighted by Crippen LogP contribution is -2.42. The number of carbonyl (C=O) groups is 2. The fourth-order valence-corrected chi connectivity index (χ4v) is 1.64. The van der Waals surface area contributed by atoms with E-state index >= 15 is 0 Å². The summed E-state index contributed by atoms with van der Waals surface area (Å²) in [6.07, 6.45) is 0. The van der Waals surface area contributed by atoms with Gasteiger partial charge in [0.15, 0.2) is 0 Å². The normalized spacial score (nSPS) is 9.50. The van der Waals surface area contributed by atoms with Crippen LogP contribution < -0.4 is 16.4 Å². The quantitative estimate of drug-likeness (QED) is 0.514. The molecule has 86 valence electrons. The van der Waals surface area contributed by atoms with E-state index in [0.29, 0.717) is 6.54 Å². The number of rotatable bonds is 4. The van der Waals surface area contributed by atoms with Gasteiger partial charge in [0, 0.05) is 6.54 Å². The van der Waals surface area contributed by atoms with Gasteiger partial charge in [-0.25, -0.2) is 0 Å². The molecule has 1 aromatic heterocycles. The Hall–Kier alpha value is -1.47. The van der Waals surface area contributed by atoms with Gasteiger partial charge >= 0.3 is 11.8 Å². The fourth-order valence-electron chi connectivity index (χ4n) is 0.904. The Bertz CT molecular complexity index is 389. The smallest absolute Gasteiger partial charge is 0.309 e. The van der Waals surface area contributed by atoms with Gasteiger partial charge in [-0.05, 0) is 22.4 Å². The minimum Gasteiger partial charge on any atom is -0.392 e. The zero-order chi connectivity index (χ0) is 12.0. The largest absolute Gasteiger partial charge is 0.392 e. The van der Waals surface area contributed by atoms with Gasteiger partial charge in [-0.15, -0.1) is 0 Å². The minimum absolute atomic E-state index is 0.0278.